The second-order valence-corrected chi connectivity index (χ2v) is 4.16. The highest BCUT2D eigenvalue weighted by Gasteiger charge is 2.06. The van der Waals surface area contributed by atoms with Crippen LogP contribution in [0.4, 0.5) is 10.5 Å². The lowest BCUT2D eigenvalue weighted by molar-refractivity contribution is -0.120. The molecule has 0 aliphatic carbocycles. The summed E-state index contributed by atoms with van der Waals surface area (Å²) in [4.78, 5) is 24.4. The Morgan fingerprint density at radius 1 is 1.28 bits per heavy atom. The molecule has 18 heavy (non-hydrogen) atoms. The number of benzene rings is 1. The van der Waals surface area contributed by atoms with Gasteiger partial charge in [0.05, 0.1) is 6.42 Å². The molecule has 0 aromatic heterocycles. The number of likely N-dealkylation sites (N-methyl/N-ethyl adjacent to an activating group) is 1. The van der Waals surface area contributed by atoms with Crippen LogP contribution >= 0.6 is 0 Å². The molecule has 5 heteroatoms. The summed E-state index contributed by atoms with van der Waals surface area (Å²) in [5, 5.41) is 5.48. The molecule has 0 atom stereocenters. The van der Waals surface area contributed by atoms with E-state index < -0.39 is 0 Å². The van der Waals surface area contributed by atoms with Gasteiger partial charge >= 0.3 is 6.03 Å². The number of urea groups is 1. The molecule has 3 amide bonds. The van der Waals surface area contributed by atoms with Gasteiger partial charge in [0.15, 0.2) is 0 Å². The average molecular weight is 249 g/mol. The maximum Gasteiger partial charge on any atom is 0.321 e. The molecular formula is C13H19N3O2. The lowest BCUT2D eigenvalue weighted by Gasteiger charge is -2.12. The van der Waals surface area contributed by atoms with E-state index in [1.54, 1.807) is 26.2 Å². The Morgan fingerprint density at radius 2 is 2.00 bits per heavy atom. The summed E-state index contributed by atoms with van der Waals surface area (Å²) in [6, 6.07) is 7.09. The molecule has 0 aliphatic heterocycles. The molecule has 0 unspecified atom stereocenters. The second-order valence-electron chi connectivity index (χ2n) is 4.16. The van der Waals surface area contributed by atoms with Gasteiger partial charge in [-0.05, 0) is 24.6 Å². The molecule has 98 valence electrons. The number of carbonyl (C=O) groups is 2. The summed E-state index contributed by atoms with van der Waals surface area (Å²) in [6.07, 6.45) is 0.319. The number of anilines is 1. The van der Waals surface area contributed by atoms with Crippen LogP contribution < -0.4 is 10.6 Å². The van der Waals surface area contributed by atoms with E-state index in [-0.39, 0.29) is 11.9 Å². The van der Waals surface area contributed by atoms with Crippen LogP contribution in [0.25, 0.3) is 0 Å². The molecule has 0 saturated carbocycles. The summed E-state index contributed by atoms with van der Waals surface area (Å²) in [5.41, 5.74) is 1.56. The topological polar surface area (TPSA) is 61.4 Å². The zero-order chi connectivity index (χ0) is 13.5. The molecule has 2 N–H and O–H groups in total. The van der Waals surface area contributed by atoms with Crippen molar-refractivity contribution in [1.82, 2.24) is 10.2 Å². The van der Waals surface area contributed by atoms with Crippen molar-refractivity contribution in [2.75, 3.05) is 26.0 Å². The van der Waals surface area contributed by atoms with Crippen molar-refractivity contribution < 1.29 is 9.59 Å². The minimum Gasteiger partial charge on any atom is -0.356 e. The van der Waals surface area contributed by atoms with Crippen LogP contribution in [0.1, 0.15) is 12.5 Å². The molecule has 0 saturated heterocycles. The van der Waals surface area contributed by atoms with Crippen molar-refractivity contribution in [2.45, 2.75) is 13.3 Å². The standard InChI is InChI=1S/C13H19N3O2/c1-4-14-12(17)9-10-6-5-7-11(8-10)15-13(18)16(2)3/h5-8H,4,9H2,1-3H3,(H,14,17)(H,15,18). The third kappa shape index (κ3) is 4.45. The predicted octanol–water partition coefficient (Wildman–Crippen LogP) is 1.46. The van der Waals surface area contributed by atoms with Gasteiger partial charge in [-0.15, -0.1) is 0 Å². The first-order chi connectivity index (χ1) is 8.52. The maximum atomic E-state index is 11.5. The fraction of sp³-hybridized carbons (Fsp3) is 0.385. The molecular weight excluding hydrogens is 230 g/mol. The van der Waals surface area contributed by atoms with Crippen LogP contribution in [0, 0.1) is 0 Å². The summed E-state index contributed by atoms with van der Waals surface area (Å²) in [7, 11) is 3.35. The largest absolute Gasteiger partial charge is 0.356 e. The van der Waals surface area contributed by atoms with Crippen LogP contribution in [0.5, 0.6) is 0 Å². The van der Waals surface area contributed by atoms with Gasteiger partial charge in [0, 0.05) is 26.3 Å². The second kappa shape index (κ2) is 6.64. The third-order valence-corrected chi connectivity index (χ3v) is 2.32. The monoisotopic (exact) mass is 249 g/mol. The highest BCUT2D eigenvalue weighted by molar-refractivity contribution is 5.89. The van der Waals surface area contributed by atoms with Crippen LogP contribution in [-0.2, 0) is 11.2 Å². The van der Waals surface area contributed by atoms with Crippen molar-refractivity contribution in [3.8, 4) is 0 Å². The summed E-state index contributed by atoms with van der Waals surface area (Å²) in [6.45, 7) is 2.50. The minimum atomic E-state index is -0.190. The fourth-order valence-electron chi connectivity index (χ4n) is 1.44. The van der Waals surface area contributed by atoms with Gasteiger partial charge in [-0.3, -0.25) is 4.79 Å². The van der Waals surface area contributed by atoms with Crippen LogP contribution in [-0.4, -0.2) is 37.5 Å². The van der Waals surface area contributed by atoms with E-state index in [0.717, 1.165) is 5.56 Å². The lowest BCUT2D eigenvalue weighted by atomic mass is 10.1. The maximum absolute atomic E-state index is 11.5. The van der Waals surface area contributed by atoms with Gasteiger partial charge < -0.3 is 15.5 Å². The van der Waals surface area contributed by atoms with Crippen molar-refractivity contribution in [3.63, 3.8) is 0 Å². The van der Waals surface area contributed by atoms with Crippen LogP contribution in [0.15, 0.2) is 24.3 Å². The molecule has 1 aromatic rings. The molecule has 0 spiro atoms. The van der Waals surface area contributed by atoms with E-state index in [4.69, 9.17) is 0 Å². The zero-order valence-electron chi connectivity index (χ0n) is 11.0. The normalized spacial score (nSPS) is 9.72. The summed E-state index contributed by atoms with van der Waals surface area (Å²) >= 11 is 0. The first-order valence-corrected chi connectivity index (χ1v) is 5.87. The van der Waals surface area contributed by atoms with Gasteiger partial charge in [0.2, 0.25) is 5.91 Å². The van der Waals surface area contributed by atoms with E-state index in [2.05, 4.69) is 10.6 Å². The highest BCUT2D eigenvalue weighted by Crippen LogP contribution is 2.11. The first-order valence-electron chi connectivity index (χ1n) is 5.87. The van der Waals surface area contributed by atoms with Gasteiger partial charge in [-0.2, -0.15) is 0 Å². The van der Waals surface area contributed by atoms with E-state index in [1.807, 2.05) is 19.1 Å². The van der Waals surface area contributed by atoms with Crippen molar-refractivity contribution in [1.29, 1.82) is 0 Å². The molecule has 0 heterocycles. The SMILES string of the molecule is CCNC(=O)Cc1cccc(NC(=O)N(C)C)c1. The number of amides is 3. The molecule has 1 rings (SSSR count). The Hall–Kier alpha value is -2.04. The van der Waals surface area contributed by atoms with E-state index in [0.29, 0.717) is 18.7 Å². The van der Waals surface area contributed by atoms with Gasteiger partial charge in [-0.25, -0.2) is 4.79 Å². The quantitative estimate of drug-likeness (QED) is 0.848. The average Bonchev–Trinajstić information content (AvgIpc) is 2.29. The van der Waals surface area contributed by atoms with Gasteiger partial charge in [0.25, 0.3) is 0 Å². The van der Waals surface area contributed by atoms with Crippen molar-refractivity contribution in [3.05, 3.63) is 29.8 Å². The highest BCUT2D eigenvalue weighted by atomic mass is 16.2. The number of nitrogens with one attached hydrogen (secondary N) is 2. The minimum absolute atomic E-state index is 0.0198. The van der Waals surface area contributed by atoms with Crippen molar-refractivity contribution in [2.24, 2.45) is 0 Å². The molecule has 1 aromatic carbocycles. The van der Waals surface area contributed by atoms with E-state index in [1.165, 1.54) is 4.90 Å². The Balaban J connectivity index is 2.67. The zero-order valence-corrected chi connectivity index (χ0v) is 11.0. The fourth-order valence-corrected chi connectivity index (χ4v) is 1.44. The Labute approximate surface area is 107 Å². The molecule has 0 aliphatic rings. The Kier molecular flexibility index (Phi) is 5.17. The summed E-state index contributed by atoms with van der Waals surface area (Å²) < 4.78 is 0. The molecule has 5 nitrogen and oxygen atoms in total. The van der Waals surface area contributed by atoms with Gasteiger partial charge in [-0.1, -0.05) is 12.1 Å². The number of nitrogens with zero attached hydrogens (tertiary/aromatic N) is 1. The predicted molar refractivity (Wildman–Crippen MR) is 71.5 cm³/mol. The van der Waals surface area contributed by atoms with Crippen molar-refractivity contribution >= 4 is 17.6 Å². The molecule has 0 radical (unpaired) electrons. The number of hydrogen-bond donors (Lipinski definition) is 2. The van der Waals surface area contributed by atoms with Crippen LogP contribution in [0.2, 0.25) is 0 Å². The Bertz CT molecular complexity index is 430. The third-order valence-electron chi connectivity index (χ3n) is 2.32. The number of rotatable bonds is 4. The summed E-state index contributed by atoms with van der Waals surface area (Å²) in [5.74, 6) is -0.0198. The number of hydrogen-bond acceptors (Lipinski definition) is 2. The first kappa shape index (κ1) is 14.0. The molecule has 0 bridgehead atoms. The Morgan fingerprint density at radius 3 is 2.61 bits per heavy atom. The van der Waals surface area contributed by atoms with E-state index >= 15 is 0 Å². The number of carbonyl (C=O) groups excluding carboxylic acids is 2. The smallest absolute Gasteiger partial charge is 0.321 e. The van der Waals surface area contributed by atoms with Gasteiger partial charge in [0.1, 0.15) is 0 Å². The van der Waals surface area contributed by atoms with E-state index in [9.17, 15) is 9.59 Å². The van der Waals surface area contributed by atoms with Crippen LogP contribution in [0.3, 0.4) is 0 Å². The lowest BCUT2D eigenvalue weighted by Crippen LogP contribution is -2.27. The molecule has 0 fully saturated rings.